The van der Waals surface area contributed by atoms with Gasteiger partial charge in [0.2, 0.25) is 5.91 Å². The van der Waals surface area contributed by atoms with Crippen LogP contribution in [0.3, 0.4) is 0 Å². The Bertz CT molecular complexity index is 2150. The van der Waals surface area contributed by atoms with Crippen LogP contribution >= 0.6 is 0 Å². The van der Waals surface area contributed by atoms with Crippen molar-refractivity contribution in [1.82, 2.24) is 25.5 Å². The Morgan fingerprint density at radius 2 is 1.55 bits per heavy atom. The number of halogens is 1. The van der Waals surface area contributed by atoms with E-state index in [2.05, 4.69) is 122 Å². The van der Waals surface area contributed by atoms with E-state index in [-0.39, 0.29) is 18.0 Å². The summed E-state index contributed by atoms with van der Waals surface area (Å²) in [5, 5.41) is 2.89. The number of allylic oxidation sites excluding steroid dienone is 4. The summed E-state index contributed by atoms with van der Waals surface area (Å²) in [6.07, 6.45) is 18.6. The lowest BCUT2D eigenvalue weighted by Crippen LogP contribution is -2.41. The Labute approximate surface area is 450 Å². The number of carbonyl (C=O) groups is 3. The van der Waals surface area contributed by atoms with Gasteiger partial charge in [-0.05, 0) is 176 Å². The van der Waals surface area contributed by atoms with Gasteiger partial charge in [-0.15, -0.1) is 0 Å². The van der Waals surface area contributed by atoms with Gasteiger partial charge in [-0.25, -0.2) is 9.82 Å². The van der Waals surface area contributed by atoms with E-state index >= 15 is 0 Å². The molecular weight excluding hydrogens is 922 g/mol. The summed E-state index contributed by atoms with van der Waals surface area (Å²) in [5.41, 5.74) is 23.7. The van der Waals surface area contributed by atoms with Crippen LogP contribution in [0.15, 0.2) is 83.5 Å². The van der Waals surface area contributed by atoms with E-state index in [1.807, 2.05) is 59.9 Å². The summed E-state index contributed by atoms with van der Waals surface area (Å²) in [6.45, 7) is 37.9. The molecule has 3 heterocycles. The minimum atomic E-state index is -0.613. The van der Waals surface area contributed by atoms with Crippen molar-refractivity contribution >= 4 is 29.7 Å². The number of hydrogen-bond acceptors (Lipinski definition) is 9. The monoisotopic (exact) mass is 1020 g/mol. The minimum Gasteiger partial charge on any atom is -0.377 e. The van der Waals surface area contributed by atoms with Gasteiger partial charge in [-0.1, -0.05) is 124 Å². The largest absolute Gasteiger partial charge is 0.377 e. The second-order valence-corrected chi connectivity index (χ2v) is 19.3. The van der Waals surface area contributed by atoms with E-state index in [0.29, 0.717) is 36.5 Å². The number of anilines is 1. The second-order valence-electron chi connectivity index (χ2n) is 19.3. The molecule has 1 saturated heterocycles. The predicted octanol–water partition coefficient (Wildman–Crippen LogP) is 15.1. The van der Waals surface area contributed by atoms with Crippen molar-refractivity contribution < 1.29 is 18.8 Å². The molecule has 3 aromatic rings. The number of nitrogens with one attached hydrogen (secondary N) is 3. The lowest BCUT2D eigenvalue weighted by Gasteiger charge is -2.32. The molecule has 5 N–H and O–H groups in total. The highest BCUT2D eigenvalue weighted by molar-refractivity contribution is 5.94. The maximum atomic E-state index is 13.3. The Morgan fingerprint density at radius 3 is 2.11 bits per heavy atom. The van der Waals surface area contributed by atoms with Crippen LogP contribution in [0.4, 0.5) is 10.1 Å². The van der Waals surface area contributed by atoms with E-state index < -0.39 is 11.9 Å². The number of aromatic nitrogens is 1. The molecule has 2 atom stereocenters. The number of benzene rings is 2. The standard InChI is InChI=1S/C30H34N4O.C15H33N.C12H17FN2O2.3C2H6/c1-20(19-34-14-11-25(12-15-34)24-6-4-23(5-7-24)22(3)35)16-29-21(2)31-13-10-28(29)26-8-9-30-27(17-26)18-32-33-30;1-6-10-15(11-7-2)13-16(12-8-3)14(5)9-4;1-8-4-5-9(7-10(8)13)15-11(12(14)17)3-2-6-16;3*1-2/h4-10,13,16-17,25,32-33H,11-12,14-15,18-19H2,1-3H3;14-15H,6-13H2,1-5H3;6-7,11,15H,2-5H2,1H3,(H2,14,17);3*1-2H3/b20-16+;;;;;. The number of primary amides is 1. The Morgan fingerprint density at radius 1 is 0.905 bits per heavy atom. The summed E-state index contributed by atoms with van der Waals surface area (Å²) in [6, 6.07) is 17.1. The quantitative estimate of drug-likeness (QED) is 0.0574. The molecule has 2 unspecified atom stereocenters. The number of piperidine rings is 1. The zero-order valence-electron chi connectivity index (χ0n) is 49.0. The Kier molecular flexibility index (Phi) is 34.9. The number of hydrazine groups is 1. The zero-order valence-corrected chi connectivity index (χ0v) is 49.0. The maximum absolute atomic E-state index is 13.3. The van der Waals surface area contributed by atoms with Crippen LogP contribution in [0.25, 0.3) is 17.2 Å². The molecule has 1 amide bonds. The molecule has 414 valence electrons. The number of rotatable bonds is 22. The van der Waals surface area contributed by atoms with Crippen LogP contribution in [0.5, 0.6) is 0 Å². The fraction of sp³-hybridized carbons (Fsp3) is 0.587. The van der Waals surface area contributed by atoms with Crippen LogP contribution in [0, 0.1) is 12.8 Å². The average Bonchev–Trinajstić information content (AvgIpc) is 3.90. The molecule has 6 rings (SSSR count). The first kappa shape index (κ1) is 67.0. The molecule has 11 heteroatoms. The molecule has 10 nitrogen and oxygen atoms in total. The fourth-order valence-electron chi connectivity index (χ4n) is 9.49. The van der Waals surface area contributed by atoms with Gasteiger partial charge in [0, 0.05) is 60.8 Å². The maximum Gasteiger partial charge on any atom is 0.239 e. The number of pyridine rings is 1. The number of likely N-dealkylation sites (tertiary alicyclic amines) is 1. The number of aryl methyl sites for hydroxylation is 1. The van der Waals surface area contributed by atoms with Crippen molar-refractivity contribution in [2.24, 2.45) is 11.7 Å². The molecule has 1 aromatic heterocycles. The molecule has 1 fully saturated rings. The first-order valence-electron chi connectivity index (χ1n) is 28.6. The summed E-state index contributed by atoms with van der Waals surface area (Å²) in [4.78, 5) is 42.8. The van der Waals surface area contributed by atoms with Crippen molar-refractivity contribution in [2.75, 3.05) is 38.1 Å². The highest BCUT2D eigenvalue weighted by Gasteiger charge is 2.22. The fourth-order valence-corrected chi connectivity index (χ4v) is 9.49. The number of fused-ring (bicyclic) bond motifs is 1. The van der Waals surface area contributed by atoms with E-state index in [1.54, 1.807) is 13.8 Å². The first-order chi connectivity index (χ1) is 35.7. The highest BCUT2D eigenvalue weighted by atomic mass is 19.1. The lowest BCUT2D eigenvalue weighted by atomic mass is 9.88. The number of hydrogen-bond donors (Lipinski definition) is 4. The van der Waals surface area contributed by atoms with Gasteiger partial charge in [-0.2, -0.15) is 0 Å². The van der Waals surface area contributed by atoms with E-state index in [9.17, 15) is 18.8 Å². The van der Waals surface area contributed by atoms with E-state index in [1.165, 1.54) is 91.1 Å². The molecule has 74 heavy (non-hydrogen) atoms. The summed E-state index contributed by atoms with van der Waals surface area (Å²) in [5.74, 6) is 0.839. The third-order valence-electron chi connectivity index (χ3n) is 13.7. The third kappa shape index (κ3) is 23.3. The smallest absolute Gasteiger partial charge is 0.239 e. The highest BCUT2D eigenvalue weighted by Crippen LogP contribution is 2.33. The number of amides is 1. The van der Waals surface area contributed by atoms with Crippen molar-refractivity contribution in [2.45, 2.75) is 205 Å². The molecule has 0 spiro atoms. The van der Waals surface area contributed by atoms with Crippen LogP contribution in [-0.4, -0.2) is 77.6 Å². The van der Waals surface area contributed by atoms with Crippen molar-refractivity contribution in [3.05, 3.63) is 111 Å². The zero-order chi connectivity index (χ0) is 55.6. The molecule has 0 radical (unpaired) electrons. The number of aldehydes is 1. The number of nitrogens with zero attached hydrogens (tertiary/aromatic N) is 3. The van der Waals surface area contributed by atoms with Gasteiger partial charge in [-0.3, -0.25) is 19.5 Å². The lowest BCUT2D eigenvalue weighted by molar-refractivity contribution is -0.120. The van der Waals surface area contributed by atoms with E-state index in [0.717, 1.165) is 74.2 Å². The Hall–Kier alpha value is -4.97. The van der Waals surface area contributed by atoms with Crippen LogP contribution in [0.1, 0.15) is 213 Å². The van der Waals surface area contributed by atoms with Crippen LogP contribution in [0.2, 0.25) is 0 Å². The molecule has 0 bridgehead atoms. The number of Topliss-reactive ketones (excluding diaryl/α,β-unsaturated/α-hetero) is 1. The molecular formula is C63H102FN7O3. The number of nitrogens with two attached hydrogens (primary N) is 1. The molecule has 2 aliphatic heterocycles. The van der Waals surface area contributed by atoms with Crippen LogP contribution in [-0.2, 0) is 16.1 Å². The SMILES string of the molecule is CC.CC.CC.CC(=O)c1ccc(C2CCN(C/C(C)=C/c3c(-c4ccc5c(c4)CNN5)ccnc3C)CC2)cc1.CC1=C(F)C=C(NC(CCC=O)C(N)=O)CC1.CCCC(CCC)CN(CCC)C(C)CC. The average molecular weight is 1020 g/mol. The molecule has 2 aromatic carbocycles. The number of ketones is 1. The topological polar surface area (TPSA) is 133 Å². The third-order valence-corrected chi connectivity index (χ3v) is 13.7. The van der Waals surface area contributed by atoms with Gasteiger partial charge in [0.15, 0.2) is 5.78 Å². The molecule has 1 aliphatic carbocycles. The first-order valence-corrected chi connectivity index (χ1v) is 28.6. The molecule has 3 aliphatic rings. The normalized spacial score (nSPS) is 15.1. The summed E-state index contributed by atoms with van der Waals surface area (Å²) >= 11 is 0. The van der Waals surface area contributed by atoms with Gasteiger partial charge >= 0.3 is 0 Å². The molecule has 0 saturated carbocycles. The van der Waals surface area contributed by atoms with Crippen molar-refractivity contribution in [1.29, 1.82) is 0 Å². The van der Waals surface area contributed by atoms with Gasteiger partial charge in [0.25, 0.3) is 0 Å². The van der Waals surface area contributed by atoms with Gasteiger partial charge < -0.3 is 26.2 Å². The second kappa shape index (κ2) is 38.6. The van der Waals surface area contributed by atoms with Gasteiger partial charge in [0.1, 0.15) is 18.2 Å². The summed E-state index contributed by atoms with van der Waals surface area (Å²) in [7, 11) is 0. The van der Waals surface area contributed by atoms with Crippen LogP contribution < -0.4 is 21.9 Å². The Balaban J connectivity index is 0.000000591. The summed E-state index contributed by atoms with van der Waals surface area (Å²) < 4.78 is 13.3. The number of carbonyl (C=O) groups excluding carboxylic acids is 3. The van der Waals surface area contributed by atoms with E-state index in [4.69, 9.17) is 5.73 Å². The van der Waals surface area contributed by atoms with Crippen molar-refractivity contribution in [3.63, 3.8) is 0 Å². The minimum absolute atomic E-state index is 0.130. The predicted molar refractivity (Wildman–Crippen MR) is 315 cm³/mol. The van der Waals surface area contributed by atoms with Crippen molar-refractivity contribution in [3.8, 4) is 11.1 Å². The van der Waals surface area contributed by atoms with Gasteiger partial charge in [0.05, 0.1) is 5.69 Å².